The molecule has 0 unspecified atom stereocenters. The topological polar surface area (TPSA) is 74.3 Å². The van der Waals surface area contributed by atoms with Gasteiger partial charge in [0.2, 0.25) is 5.91 Å². The molecule has 0 bridgehead atoms. The lowest BCUT2D eigenvalue weighted by atomic mass is 10.0. The molecule has 0 atom stereocenters. The number of carbonyl (C=O) groups excluding carboxylic acids is 2. The van der Waals surface area contributed by atoms with E-state index >= 15 is 0 Å². The molecule has 0 radical (unpaired) electrons. The Morgan fingerprint density at radius 3 is 2.67 bits per heavy atom. The van der Waals surface area contributed by atoms with Gasteiger partial charge in [0.05, 0.1) is 0 Å². The lowest BCUT2D eigenvalue weighted by Gasteiger charge is -2.26. The van der Waals surface area contributed by atoms with E-state index in [0.717, 1.165) is 25.9 Å². The minimum absolute atomic E-state index is 0.00113. The smallest absolute Gasteiger partial charge is 0.273 e. The Hall–Kier alpha value is -1.47. The Kier molecular flexibility index (Phi) is 5.69. The summed E-state index contributed by atoms with van der Waals surface area (Å²) in [5.74, 6) is -0.0764. The predicted octanol–water partition coefficient (Wildman–Crippen LogP) is 1.56. The molecule has 0 aliphatic carbocycles. The second kappa shape index (κ2) is 7.51. The molecule has 0 saturated carbocycles. The molecule has 2 amide bonds. The molecule has 1 saturated heterocycles. The Balaban J connectivity index is 1.97. The average Bonchev–Trinajstić information content (AvgIpc) is 2.97. The number of nitrogens with zero attached hydrogens (tertiary/aromatic N) is 2. The molecule has 6 nitrogen and oxygen atoms in total. The first-order valence-electron chi connectivity index (χ1n) is 7.42. The number of carbonyl (C=O) groups is 2. The average molecular weight is 310 g/mol. The van der Waals surface area contributed by atoms with Crippen LogP contribution < -0.4 is 10.6 Å². The first-order chi connectivity index (χ1) is 10.2. The third-order valence-corrected chi connectivity index (χ3v) is 4.47. The van der Waals surface area contributed by atoms with Crippen LogP contribution in [0, 0.1) is 5.92 Å². The molecule has 0 spiro atoms. The van der Waals surface area contributed by atoms with Crippen LogP contribution in [0.25, 0.3) is 0 Å². The summed E-state index contributed by atoms with van der Waals surface area (Å²) in [6.07, 6.45) is 1.61. The van der Waals surface area contributed by atoms with Gasteiger partial charge < -0.3 is 15.5 Å². The fraction of sp³-hybridized carbons (Fsp3) is 0.643. The fourth-order valence-corrected chi connectivity index (χ4v) is 3.01. The van der Waals surface area contributed by atoms with Crippen LogP contribution >= 0.6 is 11.3 Å². The Bertz CT molecular complexity index is 493. The molecule has 0 aromatic carbocycles. The van der Waals surface area contributed by atoms with Crippen molar-refractivity contribution in [2.24, 2.45) is 5.92 Å². The van der Waals surface area contributed by atoms with Crippen molar-refractivity contribution in [3.8, 4) is 0 Å². The molecule has 2 N–H and O–H groups in total. The summed E-state index contributed by atoms with van der Waals surface area (Å²) in [5, 5.41) is 8.24. The van der Waals surface area contributed by atoms with Gasteiger partial charge in [0.25, 0.3) is 5.91 Å². The molecule has 1 aliphatic heterocycles. The highest BCUT2D eigenvalue weighted by Crippen LogP contribution is 2.19. The van der Waals surface area contributed by atoms with Crippen molar-refractivity contribution in [2.75, 3.05) is 31.5 Å². The van der Waals surface area contributed by atoms with Crippen molar-refractivity contribution in [3.05, 3.63) is 11.1 Å². The van der Waals surface area contributed by atoms with E-state index in [-0.39, 0.29) is 17.7 Å². The van der Waals surface area contributed by atoms with Crippen LogP contribution in [0.2, 0.25) is 0 Å². The zero-order chi connectivity index (χ0) is 15.2. The number of anilines is 1. The van der Waals surface area contributed by atoms with Gasteiger partial charge in [-0.05, 0) is 12.8 Å². The molecule has 1 aromatic rings. The summed E-state index contributed by atoms with van der Waals surface area (Å²) in [7, 11) is 0. The van der Waals surface area contributed by atoms with E-state index in [1.807, 2.05) is 13.8 Å². The van der Waals surface area contributed by atoms with Crippen molar-refractivity contribution >= 4 is 28.3 Å². The zero-order valence-electron chi connectivity index (χ0n) is 12.5. The SMILES string of the molecule is CCC(CC)C(=O)Nc1nc(C(=O)N2CCNCC2)cs1. The summed E-state index contributed by atoms with van der Waals surface area (Å²) in [6.45, 7) is 7.02. The highest BCUT2D eigenvalue weighted by atomic mass is 32.1. The van der Waals surface area contributed by atoms with Gasteiger partial charge in [-0.15, -0.1) is 11.3 Å². The summed E-state index contributed by atoms with van der Waals surface area (Å²) in [6, 6.07) is 0. The normalized spacial score (nSPS) is 15.3. The number of nitrogens with one attached hydrogen (secondary N) is 2. The van der Waals surface area contributed by atoms with Crippen LogP contribution in [0.5, 0.6) is 0 Å². The number of hydrogen-bond donors (Lipinski definition) is 2. The van der Waals surface area contributed by atoms with Gasteiger partial charge in [-0.1, -0.05) is 13.8 Å². The van der Waals surface area contributed by atoms with E-state index in [1.165, 1.54) is 11.3 Å². The van der Waals surface area contributed by atoms with Gasteiger partial charge in [0, 0.05) is 37.5 Å². The van der Waals surface area contributed by atoms with Crippen molar-refractivity contribution in [1.29, 1.82) is 0 Å². The molecule has 21 heavy (non-hydrogen) atoms. The van der Waals surface area contributed by atoms with Gasteiger partial charge in [-0.25, -0.2) is 4.98 Å². The Morgan fingerprint density at radius 1 is 1.38 bits per heavy atom. The van der Waals surface area contributed by atoms with E-state index in [2.05, 4.69) is 15.6 Å². The second-order valence-electron chi connectivity index (χ2n) is 5.08. The van der Waals surface area contributed by atoms with E-state index in [0.29, 0.717) is 23.9 Å². The van der Waals surface area contributed by atoms with Crippen LogP contribution in [0.1, 0.15) is 37.2 Å². The number of amides is 2. The zero-order valence-corrected chi connectivity index (χ0v) is 13.3. The van der Waals surface area contributed by atoms with E-state index in [4.69, 9.17) is 0 Å². The van der Waals surface area contributed by atoms with Gasteiger partial charge in [-0.2, -0.15) is 0 Å². The molecule has 116 valence electrons. The second-order valence-corrected chi connectivity index (χ2v) is 5.94. The van der Waals surface area contributed by atoms with Gasteiger partial charge in [0.1, 0.15) is 5.69 Å². The third kappa shape index (κ3) is 4.01. The number of hydrogen-bond acceptors (Lipinski definition) is 5. The van der Waals surface area contributed by atoms with Crippen LogP contribution in [0.15, 0.2) is 5.38 Å². The molecule has 2 heterocycles. The van der Waals surface area contributed by atoms with Crippen molar-refractivity contribution in [2.45, 2.75) is 26.7 Å². The molecular formula is C14H22N4O2S. The van der Waals surface area contributed by atoms with Crippen molar-refractivity contribution < 1.29 is 9.59 Å². The number of piperazine rings is 1. The quantitative estimate of drug-likeness (QED) is 0.865. The minimum Gasteiger partial charge on any atom is -0.335 e. The third-order valence-electron chi connectivity index (χ3n) is 3.71. The van der Waals surface area contributed by atoms with Crippen LogP contribution in [0.4, 0.5) is 5.13 Å². The predicted molar refractivity (Wildman–Crippen MR) is 83.6 cm³/mol. The summed E-state index contributed by atoms with van der Waals surface area (Å²) in [5.41, 5.74) is 0.418. The van der Waals surface area contributed by atoms with Crippen LogP contribution in [-0.2, 0) is 4.79 Å². The standard InChI is InChI=1S/C14H22N4O2S/c1-3-10(4-2)12(19)17-14-16-11(9-21-14)13(20)18-7-5-15-6-8-18/h9-10,15H,3-8H2,1-2H3,(H,16,17,19). The maximum atomic E-state index is 12.3. The summed E-state index contributed by atoms with van der Waals surface area (Å²) >= 11 is 1.30. The summed E-state index contributed by atoms with van der Waals surface area (Å²) < 4.78 is 0. The van der Waals surface area contributed by atoms with Crippen LogP contribution in [-0.4, -0.2) is 47.9 Å². The largest absolute Gasteiger partial charge is 0.335 e. The Morgan fingerprint density at radius 2 is 2.05 bits per heavy atom. The Labute approximate surface area is 128 Å². The van der Waals surface area contributed by atoms with E-state index in [1.54, 1.807) is 10.3 Å². The minimum atomic E-state index is -0.0595. The van der Waals surface area contributed by atoms with Gasteiger partial charge >= 0.3 is 0 Å². The molecular weight excluding hydrogens is 288 g/mol. The van der Waals surface area contributed by atoms with Gasteiger partial charge in [-0.3, -0.25) is 9.59 Å². The van der Waals surface area contributed by atoms with Crippen LogP contribution in [0.3, 0.4) is 0 Å². The summed E-state index contributed by atoms with van der Waals surface area (Å²) in [4.78, 5) is 30.3. The highest BCUT2D eigenvalue weighted by molar-refractivity contribution is 7.14. The maximum absolute atomic E-state index is 12.3. The lowest BCUT2D eigenvalue weighted by Crippen LogP contribution is -2.46. The highest BCUT2D eigenvalue weighted by Gasteiger charge is 2.21. The molecule has 2 rings (SSSR count). The molecule has 1 aliphatic rings. The molecule has 7 heteroatoms. The number of aromatic nitrogens is 1. The lowest BCUT2D eigenvalue weighted by molar-refractivity contribution is -0.120. The number of thiazole rings is 1. The first-order valence-corrected chi connectivity index (χ1v) is 8.30. The van der Waals surface area contributed by atoms with E-state index < -0.39 is 0 Å². The maximum Gasteiger partial charge on any atom is 0.273 e. The van der Waals surface area contributed by atoms with Crippen molar-refractivity contribution in [1.82, 2.24) is 15.2 Å². The monoisotopic (exact) mass is 310 g/mol. The van der Waals surface area contributed by atoms with Gasteiger partial charge in [0.15, 0.2) is 5.13 Å². The molecule has 1 aromatic heterocycles. The fourth-order valence-electron chi connectivity index (χ4n) is 2.33. The first kappa shape index (κ1) is 15.9. The number of rotatable bonds is 5. The van der Waals surface area contributed by atoms with Crippen molar-refractivity contribution in [3.63, 3.8) is 0 Å². The molecule has 1 fully saturated rings. The van der Waals surface area contributed by atoms with E-state index in [9.17, 15) is 9.59 Å².